The van der Waals surface area contributed by atoms with Gasteiger partial charge >= 0.3 is 0 Å². The zero-order chi connectivity index (χ0) is 14.4. The number of nitrogens with zero attached hydrogens (tertiary/aromatic N) is 1. The molecule has 1 amide bonds. The molecule has 106 valence electrons. The highest BCUT2D eigenvalue weighted by atomic mass is 32.1. The second kappa shape index (κ2) is 7.02. The molecule has 0 unspecified atom stereocenters. The van der Waals surface area contributed by atoms with Gasteiger partial charge in [0.25, 0.3) is 0 Å². The van der Waals surface area contributed by atoms with Crippen LogP contribution >= 0.6 is 11.3 Å². The van der Waals surface area contributed by atoms with Crippen LogP contribution in [0.1, 0.15) is 10.7 Å². The number of amides is 1. The largest absolute Gasteiger partial charge is 0.497 e. The van der Waals surface area contributed by atoms with E-state index >= 15 is 0 Å². The van der Waals surface area contributed by atoms with Crippen molar-refractivity contribution < 1.29 is 14.3 Å². The van der Waals surface area contributed by atoms with Crippen LogP contribution in [0.3, 0.4) is 0 Å². The second-order valence-electron chi connectivity index (χ2n) is 4.12. The Morgan fingerprint density at radius 3 is 3.00 bits per heavy atom. The molecule has 0 aliphatic carbocycles. The SMILES string of the molecule is COCc1nc(CC(=O)Nc2cccc(OC)c2)cs1. The molecular formula is C14H16N2O3S. The number of nitrogens with one attached hydrogen (secondary N) is 1. The van der Waals surface area contributed by atoms with Gasteiger partial charge in [-0.2, -0.15) is 0 Å². The summed E-state index contributed by atoms with van der Waals surface area (Å²) in [5, 5.41) is 5.57. The molecule has 1 heterocycles. The Labute approximate surface area is 121 Å². The van der Waals surface area contributed by atoms with Crippen molar-refractivity contribution >= 4 is 22.9 Å². The Morgan fingerprint density at radius 1 is 1.40 bits per heavy atom. The molecule has 0 radical (unpaired) electrons. The maximum atomic E-state index is 11.9. The van der Waals surface area contributed by atoms with Crippen molar-refractivity contribution in [2.75, 3.05) is 19.5 Å². The number of ether oxygens (including phenoxy) is 2. The number of rotatable bonds is 6. The zero-order valence-corrected chi connectivity index (χ0v) is 12.2. The van der Waals surface area contributed by atoms with Gasteiger partial charge < -0.3 is 14.8 Å². The summed E-state index contributed by atoms with van der Waals surface area (Å²) in [6, 6.07) is 7.24. The van der Waals surface area contributed by atoms with Gasteiger partial charge in [0.2, 0.25) is 5.91 Å². The van der Waals surface area contributed by atoms with Crippen molar-refractivity contribution in [2.45, 2.75) is 13.0 Å². The van der Waals surface area contributed by atoms with E-state index in [4.69, 9.17) is 9.47 Å². The predicted molar refractivity (Wildman–Crippen MR) is 78.2 cm³/mol. The number of hydrogen-bond donors (Lipinski definition) is 1. The van der Waals surface area contributed by atoms with E-state index in [0.29, 0.717) is 18.0 Å². The number of hydrogen-bond acceptors (Lipinski definition) is 5. The van der Waals surface area contributed by atoms with E-state index in [2.05, 4.69) is 10.3 Å². The summed E-state index contributed by atoms with van der Waals surface area (Å²) in [5.41, 5.74) is 1.46. The maximum absolute atomic E-state index is 11.9. The third-order valence-electron chi connectivity index (χ3n) is 2.56. The minimum Gasteiger partial charge on any atom is -0.497 e. The van der Waals surface area contributed by atoms with Gasteiger partial charge in [-0.15, -0.1) is 11.3 Å². The van der Waals surface area contributed by atoms with Crippen LogP contribution < -0.4 is 10.1 Å². The number of benzene rings is 1. The van der Waals surface area contributed by atoms with Crippen LogP contribution in [0.2, 0.25) is 0 Å². The summed E-state index contributed by atoms with van der Waals surface area (Å²) < 4.78 is 10.1. The van der Waals surface area contributed by atoms with Crippen molar-refractivity contribution in [3.05, 3.63) is 40.3 Å². The highest BCUT2D eigenvalue weighted by molar-refractivity contribution is 7.09. The fourth-order valence-corrected chi connectivity index (χ4v) is 2.45. The smallest absolute Gasteiger partial charge is 0.230 e. The summed E-state index contributed by atoms with van der Waals surface area (Å²) in [7, 11) is 3.21. The summed E-state index contributed by atoms with van der Waals surface area (Å²) in [6.07, 6.45) is 0.247. The van der Waals surface area contributed by atoms with Crippen molar-refractivity contribution in [3.8, 4) is 5.75 Å². The Hall–Kier alpha value is -1.92. The average Bonchev–Trinajstić information content (AvgIpc) is 2.86. The molecule has 0 spiro atoms. The molecule has 0 aliphatic rings. The van der Waals surface area contributed by atoms with Crippen molar-refractivity contribution in [1.82, 2.24) is 4.98 Å². The molecule has 0 bridgehead atoms. The molecule has 0 fully saturated rings. The lowest BCUT2D eigenvalue weighted by Crippen LogP contribution is -2.14. The van der Waals surface area contributed by atoms with Crippen LogP contribution in [-0.2, 0) is 22.6 Å². The van der Waals surface area contributed by atoms with Crippen molar-refractivity contribution in [1.29, 1.82) is 0 Å². The summed E-state index contributed by atoms with van der Waals surface area (Å²) in [6.45, 7) is 0.474. The van der Waals surface area contributed by atoms with E-state index < -0.39 is 0 Å². The number of aromatic nitrogens is 1. The molecular weight excluding hydrogens is 276 g/mol. The Morgan fingerprint density at radius 2 is 2.25 bits per heavy atom. The molecule has 2 aromatic rings. The van der Waals surface area contributed by atoms with E-state index in [-0.39, 0.29) is 12.3 Å². The van der Waals surface area contributed by atoms with Crippen molar-refractivity contribution in [3.63, 3.8) is 0 Å². The van der Waals surface area contributed by atoms with E-state index in [1.54, 1.807) is 20.3 Å². The molecule has 6 heteroatoms. The van der Waals surface area contributed by atoms with Gasteiger partial charge in [0.1, 0.15) is 10.8 Å². The third kappa shape index (κ3) is 4.04. The quantitative estimate of drug-likeness (QED) is 0.888. The maximum Gasteiger partial charge on any atom is 0.230 e. The molecule has 2 rings (SSSR count). The summed E-state index contributed by atoms with van der Waals surface area (Å²) in [4.78, 5) is 16.3. The lowest BCUT2D eigenvalue weighted by Gasteiger charge is -2.06. The molecule has 20 heavy (non-hydrogen) atoms. The topological polar surface area (TPSA) is 60.5 Å². The molecule has 0 aliphatic heterocycles. The lowest BCUT2D eigenvalue weighted by molar-refractivity contribution is -0.115. The first-order valence-corrected chi connectivity index (χ1v) is 6.95. The number of carbonyl (C=O) groups excluding carboxylic acids is 1. The van der Waals surface area contributed by atoms with Crippen LogP contribution in [0.5, 0.6) is 5.75 Å². The number of anilines is 1. The number of methoxy groups -OCH3 is 2. The summed E-state index contributed by atoms with van der Waals surface area (Å²) >= 11 is 1.49. The van der Waals surface area contributed by atoms with E-state index in [0.717, 1.165) is 10.7 Å². The monoisotopic (exact) mass is 292 g/mol. The van der Waals surface area contributed by atoms with Gasteiger partial charge in [-0.05, 0) is 12.1 Å². The van der Waals surface area contributed by atoms with Crippen LogP contribution in [-0.4, -0.2) is 25.1 Å². The fraction of sp³-hybridized carbons (Fsp3) is 0.286. The van der Waals surface area contributed by atoms with Gasteiger partial charge in [-0.1, -0.05) is 6.07 Å². The summed E-state index contributed by atoms with van der Waals surface area (Å²) in [5.74, 6) is 0.603. The lowest BCUT2D eigenvalue weighted by atomic mass is 10.2. The molecule has 0 saturated heterocycles. The van der Waals surface area contributed by atoms with Crippen LogP contribution in [0.15, 0.2) is 29.6 Å². The van der Waals surface area contributed by atoms with Gasteiger partial charge in [-0.25, -0.2) is 4.98 Å². The van der Waals surface area contributed by atoms with Crippen molar-refractivity contribution in [2.24, 2.45) is 0 Å². The van der Waals surface area contributed by atoms with Crippen LogP contribution in [0.4, 0.5) is 5.69 Å². The van der Waals surface area contributed by atoms with Gasteiger partial charge in [-0.3, -0.25) is 4.79 Å². The number of carbonyl (C=O) groups is 1. The van der Waals surface area contributed by atoms with Gasteiger partial charge in [0.15, 0.2) is 0 Å². The molecule has 5 nitrogen and oxygen atoms in total. The molecule has 1 N–H and O–H groups in total. The first kappa shape index (κ1) is 14.5. The first-order chi connectivity index (χ1) is 9.71. The molecule has 0 atom stereocenters. The fourth-order valence-electron chi connectivity index (χ4n) is 1.69. The highest BCUT2D eigenvalue weighted by Gasteiger charge is 2.08. The number of thiazole rings is 1. The Balaban J connectivity index is 1.94. The van der Waals surface area contributed by atoms with E-state index in [1.807, 2.05) is 23.6 Å². The van der Waals surface area contributed by atoms with Crippen LogP contribution in [0.25, 0.3) is 0 Å². The average molecular weight is 292 g/mol. The Bertz CT molecular complexity index is 583. The highest BCUT2D eigenvalue weighted by Crippen LogP contribution is 2.17. The standard InChI is InChI=1S/C14H16N2O3S/c1-18-8-14-16-11(9-20-14)7-13(17)15-10-4-3-5-12(6-10)19-2/h3-6,9H,7-8H2,1-2H3,(H,15,17). The minimum atomic E-state index is -0.104. The normalized spacial score (nSPS) is 10.3. The van der Waals surface area contributed by atoms with Crippen LogP contribution in [0, 0.1) is 0 Å². The Kier molecular flexibility index (Phi) is 5.09. The minimum absolute atomic E-state index is 0.104. The second-order valence-corrected chi connectivity index (χ2v) is 5.07. The van der Waals surface area contributed by atoms with Gasteiger partial charge in [0, 0.05) is 24.2 Å². The van der Waals surface area contributed by atoms with E-state index in [1.165, 1.54) is 11.3 Å². The predicted octanol–water partition coefficient (Wildman–Crippen LogP) is 2.48. The third-order valence-corrected chi connectivity index (χ3v) is 3.43. The zero-order valence-electron chi connectivity index (χ0n) is 11.4. The van der Waals surface area contributed by atoms with E-state index in [9.17, 15) is 4.79 Å². The van der Waals surface area contributed by atoms with Gasteiger partial charge in [0.05, 0.1) is 25.8 Å². The molecule has 0 saturated carbocycles. The first-order valence-electron chi connectivity index (χ1n) is 6.07. The molecule has 1 aromatic carbocycles. The molecule has 1 aromatic heterocycles.